The summed E-state index contributed by atoms with van der Waals surface area (Å²) in [5, 5.41) is 0. The zero-order chi connectivity index (χ0) is 27.3. The summed E-state index contributed by atoms with van der Waals surface area (Å²) >= 11 is -3.70. The van der Waals surface area contributed by atoms with Crippen molar-refractivity contribution in [2.45, 2.75) is 83.9 Å². The van der Waals surface area contributed by atoms with Crippen LogP contribution in [-0.4, -0.2) is 31.4 Å². The van der Waals surface area contributed by atoms with E-state index in [4.69, 9.17) is 24.1 Å². The third-order valence-corrected chi connectivity index (χ3v) is 13.6. The minimum atomic E-state index is -3.70. The Morgan fingerprint density at radius 3 is 2.32 bits per heavy atom. The van der Waals surface area contributed by atoms with Crippen LogP contribution < -0.4 is 4.74 Å². The molecule has 0 bridgehead atoms. The topological polar surface area (TPSA) is 12.5 Å². The molecule has 1 heterocycles. The molecular formula is C33H39Cl2NORu. The van der Waals surface area contributed by atoms with Gasteiger partial charge in [0.2, 0.25) is 0 Å². The predicted octanol–water partition coefficient (Wildman–Crippen LogP) is 8.42. The molecule has 0 N–H and O–H groups in total. The third-order valence-electron chi connectivity index (χ3n) is 7.86. The first-order valence-corrected chi connectivity index (χ1v) is 19.9. The van der Waals surface area contributed by atoms with Crippen LogP contribution in [-0.2, 0) is 23.7 Å². The Morgan fingerprint density at radius 2 is 1.63 bits per heavy atom. The Bertz CT molecular complexity index is 1460. The number of likely N-dealkylation sites (tertiary alicyclic amines) is 1. The van der Waals surface area contributed by atoms with Crippen molar-refractivity contribution in [3.8, 4) is 5.75 Å². The van der Waals surface area contributed by atoms with Crippen LogP contribution in [0.2, 0.25) is 0 Å². The molecule has 0 saturated carbocycles. The van der Waals surface area contributed by atoms with Gasteiger partial charge in [-0.2, -0.15) is 0 Å². The molecule has 2 aromatic carbocycles. The van der Waals surface area contributed by atoms with Gasteiger partial charge in [0.1, 0.15) is 0 Å². The molecule has 0 radical (unpaired) electrons. The molecule has 1 saturated heterocycles. The standard InChI is InChI=1S/C23H27N.C10H12O.2ClH.Ru/c1-17(2)24-16-23(19-11-6-5-7-12-19)20-13-9-8-10-18(20)14-15-21(23)22(24,3)4;1-8(2)11-10-7-5-4-6-9(10)3;;;/h5-6,8-10,12-13,15,17H,7,11,14H2,1-4H3;3-8H,1-2H3;2*1H;/q;;;;+2/p-2/t23-;;;;/m1..../s1. The Morgan fingerprint density at radius 1 is 0.921 bits per heavy atom. The zero-order valence-electron chi connectivity index (χ0n) is 23.2. The van der Waals surface area contributed by atoms with E-state index in [2.05, 4.69) is 91.8 Å². The Labute approximate surface area is 238 Å². The van der Waals surface area contributed by atoms with Crippen molar-refractivity contribution >= 4 is 28.2 Å². The number of ether oxygens (including phenoxy) is 1. The van der Waals surface area contributed by atoms with Gasteiger partial charge in [-0.15, -0.1) is 0 Å². The first kappa shape index (κ1) is 27.9. The third kappa shape index (κ3) is 4.48. The summed E-state index contributed by atoms with van der Waals surface area (Å²) in [6, 6.07) is 17.3. The van der Waals surface area contributed by atoms with Crippen LogP contribution in [0.4, 0.5) is 0 Å². The second-order valence-electron chi connectivity index (χ2n) is 11.4. The van der Waals surface area contributed by atoms with Gasteiger partial charge in [0, 0.05) is 0 Å². The molecule has 1 fully saturated rings. The molecule has 1 aliphatic heterocycles. The predicted molar refractivity (Wildman–Crippen MR) is 162 cm³/mol. The molecule has 0 amide bonds. The van der Waals surface area contributed by atoms with Crippen LogP contribution in [0.3, 0.4) is 0 Å². The molecule has 5 heteroatoms. The molecule has 38 heavy (non-hydrogen) atoms. The van der Waals surface area contributed by atoms with E-state index in [0.29, 0.717) is 0 Å². The van der Waals surface area contributed by atoms with Gasteiger partial charge in [-0.1, -0.05) is 0 Å². The van der Waals surface area contributed by atoms with E-state index in [1.54, 1.807) is 0 Å². The van der Waals surface area contributed by atoms with E-state index in [9.17, 15) is 0 Å². The number of hydrogen-bond donors (Lipinski definition) is 0. The fraction of sp³-hybridized carbons (Fsp3) is 0.394. The van der Waals surface area contributed by atoms with E-state index in [-0.39, 0.29) is 17.7 Å². The van der Waals surface area contributed by atoms with Gasteiger partial charge >= 0.3 is 240 Å². The fourth-order valence-corrected chi connectivity index (χ4v) is 14.1. The van der Waals surface area contributed by atoms with Gasteiger partial charge in [0.05, 0.1) is 0 Å². The second-order valence-corrected chi connectivity index (χ2v) is 20.7. The SMILES string of the molecule is CC(C)Oc1ccccc1[CH]=[Ru]([Cl])([Cl])=[C]1N(C(C)C)C(C)(C)C2=CCc3ccccc3[C@@]21C1=CCC=CC1. The summed E-state index contributed by atoms with van der Waals surface area (Å²) in [5.41, 5.74) is 5.80. The average Bonchev–Trinajstić information content (AvgIpc) is 3.11. The summed E-state index contributed by atoms with van der Waals surface area (Å²) in [4.78, 5) is 2.56. The van der Waals surface area contributed by atoms with Crippen molar-refractivity contribution in [1.29, 1.82) is 0 Å². The molecule has 3 aliphatic rings. The fourth-order valence-electron chi connectivity index (χ4n) is 6.70. The maximum atomic E-state index is 7.82. The molecule has 204 valence electrons. The van der Waals surface area contributed by atoms with Crippen molar-refractivity contribution in [3.63, 3.8) is 0 Å². The number of nitrogens with zero attached hydrogens (tertiary/aromatic N) is 1. The number of para-hydroxylation sites is 1. The normalized spacial score (nSPS) is 23.2. The number of rotatable bonds is 5. The van der Waals surface area contributed by atoms with Gasteiger partial charge in [0.25, 0.3) is 0 Å². The summed E-state index contributed by atoms with van der Waals surface area (Å²) in [6.45, 7) is 13.4. The van der Waals surface area contributed by atoms with Crippen molar-refractivity contribution in [1.82, 2.24) is 4.90 Å². The molecule has 0 aromatic heterocycles. The molecule has 5 rings (SSSR count). The molecule has 0 unspecified atom stereocenters. The second kappa shape index (κ2) is 10.4. The quantitative estimate of drug-likeness (QED) is 0.241. The molecule has 1 atom stereocenters. The monoisotopic (exact) mass is 637 g/mol. The summed E-state index contributed by atoms with van der Waals surface area (Å²) in [6.07, 6.45) is 12.3. The number of benzene rings is 2. The molecule has 2 nitrogen and oxygen atoms in total. The van der Waals surface area contributed by atoms with Crippen LogP contribution in [0, 0.1) is 0 Å². The summed E-state index contributed by atoms with van der Waals surface area (Å²) in [5.74, 6) is 0.830. The van der Waals surface area contributed by atoms with Gasteiger partial charge in [-0.25, -0.2) is 0 Å². The zero-order valence-corrected chi connectivity index (χ0v) is 26.5. The van der Waals surface area contributed by atoms with Crippen LogP contribution in [0.1, 0.15) is 71.1 Å². The van der Waals surface area contributed by atoms with Crippen LogP contribution in [0.15, 0.2) is 84.0 Å². The molecule has 0 spiro atoms. The number of allylic oxidation sites excluding steroid dienone is 4. The van der Waals surface area contributed by atoms with E-state index in [1.807, 2.05) is 32.0 Å². The van der Waals surface area contributed by atoms with Crippen molar-refractivity contribution < 1.29 is 16.6 Å². The number of hydrogen-bond acceptors (Lipinski definition) is 2. The van der Waals surface area contributed by atoms with Crippen LogP contribution in [0.5, 0.6) is 5.75 Å². The van der Waals surface area contributed by atoms with Gasteiger partial charge in [-0.05, 0) is 0 Å². The van der Waals surface area contributed by atoms with Crippen molar-refractivity contribution in [2.75, 3.05) is 0 Å². The van der Waals surface area contributed by atoms with Crippen LogP contribution >= 0.6 is 19.4 Å². The molecule has 2 aliphatic carbocycles. The van der Waals surface area contributed by atoms with Gasteiger partial charge in [0.15, 0.2) is 0 Å². The first-order chi connectivity index (χ1) is 18.0. The van der Waals surface area contributed by atoms with E-state index < -0.39 is 17.3 Å². The van der Waals surface area contributed by atoms with Gasteiger partial charge in [-0.3, -0.25) is 0 Å². The average molecular weight is 638 g/mol. The minimum absolute atomic E-state index is 0.0607. The van der Waals surface area contributed by atoms with Crippen LogP contribution in [0.25, 0.3) is 0 Å². The first-order valence-electron chi connectivity index (χ1n) is 13.5. The van der Waals surface area contributed by atoms with E-state index in [0.717, 1.165) is 30.6 Å². The number of halogens is 2. The van der Waals surface area contributed by atoms with Gasteiger partial charge < -0.3 is 0 Å². The van der Waals surface area contributed by atoms with Crippen molar-refractivity contribution in [3.05, 3.63) is 101 Å². The Balaban J connectivity index is 1.95. The molecule has 2 aromatic rings. The molecular weight excluding hydrogens is 598 g/mol. The van der Waals surface area contributed by atoms with E-state index >= 15 is 0 Å². The Kier molecular flexibility index (Phi) is 7.64. The summed E-state index contributed by atoms with van der Waals surface area (Å²) < 4.78 is 9.55. The summed E-state index contributed by atoms with van der Waals surface area (Å²) in [7, 11) is 15.6. The number of fused-ring (bicyclic) bond motifs is 3. The van der Waals surface area contributed by atoms with Crippen molar-refractivity contribution in [2.24, 2.45) is 0 Å². The van der Waals surface area contributed by atoms with E-state index in [1.165, 1.54) is 26.5 Å². The Hall–Kier alpha value is -1.64. The maximum absolute atomic E-state index is 7.82.